The molecule has 0 unspecified atom stereocenters. The molecule has 0 saturated carbocycles. The molecule has 0 aliphatic rings. The second kappa shape index (κ2) is 3.17. The third-order valence-electron chi connectivity index (χ3n) is 2.73. The molecule has 0 N–H and O–H groups in total. The van der Waals surface area contributed by atoms with Crippen molar-refractivity contribution in [1.29, 1.82) is 0 Å². The lowest BCUT2D eigenvalue weighted by atomic mass is 10.2. The molecule has 1 heterocycles. The van der Waals surface area contributed by atoms with Gasteiger partial charge in [0.05, 0.1) is 19.5 Å². The van der Waals surface area contributed by atoms with E-state index in [1.54, 1.807) is 0 Å². The molecule has 0 aliphatic carbocycles. The average molecular weight is 205 g/mol. The third-order valence-corrected chi connectivity index (χ3v) is 3.28. The van der Waals surface area contributed by atoms with Gasteiger partial charge in [0.1, 0.15) is 11.2 Å². The quantitative estimate of drug-likeness (QED) is 0.472. The fraction of sp³-hybridized carbons (Fsp3) is 0.273. The van der Waals surface area contributed by atoms with Crippen molar-refractivity contribution in [3.8, 4) is 0 Å². The third kappa shape index (κ3) is 1.16. The highest BCUT2D eigenvalue weighted by molar-refractivity contribution is 7.71. The molecule has 2 aromatic rings. The van der Waals surface area contributed by atoms with E-state index in [1.807, 2.05) is 29.3 Å². The molecule has 0 bridgehead atoms. The summed E-state index contributed by atoms with van der Waals surface area (Å²) in [5.41, 5.74) is 2.40. The van der Waals surface area contributed by atoms with Crippen molar-refractivity contribution < 1.29 is 4.57 Å². The first kappa shape index (κ1) is 9.34. The minimum atomic E-state index is 0.848. The standard InChI is InChI=1S/C11H13N2S/c1-8-9-6-4-5-7-10(9)13(3)11(14)12(8)2/h4-7H,1-3H3/q+1. The van der Waals surface area contributed by atoms with E-state index in [9.17, 15) is 0 Å². The Hall–Kier alpha value is -1.22. The second-order valence-electron chi connectivity index (χ2n) is 3.50. The zero-order valence-electron chi connectivity index (χ0n) is 8.61. The molecule has 14 heavy (non-hydrogen) atoms. The van der Waals surface area contributed by atoms with Crippen LogP contribution in [0.5, 0.6) is 0 Å². The van der Waals surface area contributed by atoms with Crippen LogP contribution in [0.3, 0.4) is 0 Å². The fourth-order valence-electron chi connectivity index (χ4n) is 1.72. The Kier molecular flexibility index (Phi) is 2.11. The number of hydrogen-bond acceptors (Lipinski definition) is 1. The normalized spacial score (nSPS) is 10.8. The van der Waals surface area contributed by atoms with Crippen molar-refractivity contribution in [2.75, 3.05) is 0 Å². The Morgan fingerprint density at radius 3 is 2.64 bits per heavy atom. The number of nitrogens with zero attached hydrogens (tertiary/aromatic N) is 2. The number of aromatic nitrogens is 2. The Labute approximate surface area is 88.4 Å². The van der Waals surface area contributed by atoms with E-state index in [4.69, 9.17) is 12.2 Å². The second-order valence-corrected chi connectivity index (χ2v) is 3.87. The predicted molar refractivity (Wildman–Crippen MR) is 59.7 cm³/mol. The van der Waals surface area contributed by atoms with E-state index in [-0.39, 0.29) is 0 Å². The van der Waals surface area contributed by atoms with Crippen LogP contribution in [0.4, 0.5) is 0 Å². The smallest absolute Gasteiger partial charge is 0.224 e. The molecule has 0 saturated heterocycles. The van der Waals surface area contributed by atoms with Crippen LogP contribution >= 0.6 is 12.2 Å². The summed E-state index contributed by atoms with van der Waals surface area (Å²) in [6.07, 6.45) is 0. The molecule has 0 fully saturated rings. The summed E-state index contributed by atoms with van der Waals surface area (Å²) in [5, 5.41) is 1.26. The average Bonchev–Trinajstić information content (AvgIpc) is 2.23. The van der Waals surface area contributed by atoms with Crippen LogP contribution in [-0.2, 0) is 14.1 Å². The van der Waals surface area contributed by atoms with E-state index in [0.29, 0.717) is 0 Å². The first-order chi connectivity index (χ1) is 6.63. The van der Waals surface area contributed by atoms with Gasteiger partial charge in [-0.05, 0) is 19.1 Å². The molecule has 0 spiro atoms. The van der Waals surface area contributed by atoms with Crippen molar-refractivity contribution in [3.63, 3.8) is 0 Å². The first-order valence-electron chi connectivity index (χ1n) is 4.57. The molecule has 1 aromatic heterocycles. The van der Waals surface area contributed by atoms with Gasteiger partial charge in [0.25, 0.3) is 0 Å². The van der Waals surface area contributed by atoms with Gasteiger partial charge in [-0.1, -0.05) is 12.1 Å². The van der Waals surface area contributed by atoms with Crippen molar-refractivity contribution in [2.24, 2.45) is 14.1 Å². The van der Waals surface area contributed by atoms with Crippen LogP contribution < -0.4 is 4.57 Å². The predicted octanol–water partition coefficient (Wildman–Crippen LogP) is 2.04. The topological polar surface area (TPSA) is 8.81 Å². The van der Waals surface area contributed by atoms with Gasteiger partial charge in [0, 0.05) is 12.2 Å². The van der Waals surface area contributed by atoms with E-state index in [1.165, 1.54) is 16.6 Å². The zero-order chi connectivity index (χ0) is 10.3. The molecular weight excluding hydrogens is 192 g/mol. The zero-order valence-corrected chi connectivity index (χ0v) is 9.43. The van der Waals surface area contributed by atoms with Crippen LogP contribution in [0.25, 0.3) is 10.9 Å². The van der Waals surface area contributed by atoms with Crippen LogP contribution in [0, 0.1) is 11.7 Å². The van der Waals surface area contributed by atoms with Crippen LogP contribution in [-0.4, -0.2) is 4.57 Å². The maximum atomic E-state index is 5.34. The number of fused-ring (bicyclic) bond motifs is 1. The highest BCUT2D eigenvalue weighted by Crippen LogP contribution is 2.13. The molecule has 0 amide bonds. The minimum Gasteiger partial charge on any atom is -0.224 e. The molecule has 0 radical (unpaired) electrons. The van der Waals surface area contributed by atoms with E-state index in [2.05, 4.69) is 25.1 Å². The van der Waals surface area contributed by atoms with Gasteiger partial charge in [-0.25, -0.2) is 9.13 Å². The van der Waals surface area contributed by atoms with Crippen molar-refractivity contribution in [1.82, 2.24) is 4.57 Å². The van der Waals surface area contributed by atoms with E-state index < -0.39 is 0 Å². The number of para-hydroxylation sites is 1. The summed E-state index contributed by atoms with van der Waals surface area (Å²) in [5.74, 6) is 0. The number of benzene rings is 1. The molecule has 2 rings (SSSR count). The summed E-state index contributed by atoms with van der Waals surface area (Å²) in [6, 6.07) is 8.31. The maximum Gasteiger partial charge on any atom is 0.351 e. The van der Waals surface area contributed by atoms with Gasteiger partial charge < -0.3 is 0 Å². The van der Waals surface area contributed by atoms with Crippen molar-refractivity contribution >= 4 is 23.1 Å². The molecule has 1 aromatic carbocycles. The molecule has 3 heteroatoms. The lowest BCUT2D eigenvalue weighted by Crippen LogP contribution is -2.34. The van der Waals surface area contributed by atoms with Crippen LogP contribution in [0.2, 0.25) is 0 Å². The molecule has 72 valence electrons. The van der Waals surface area contributed by atoms with Gasteiger partial charge in [-0.2, -0.15) is 0 Å². The fourth-order valence-corrected chi connectivity index (χ4v) is 1.96. The highest BCUT2D eigenvalue weighted by atomic mass is 32.1. The van der Waals surface area contributed by atoms with Gasteiger partial charge in [0.2, 0.25) is 0 Å². The summed E-state index contributed by atoms with van der Waals surface area (Å²) in [4.78, 5) is 0. The van der Waals surface area contributed by atoms with Gasteiger partial charge in [-0.15, -0.1) is 0 Å². The van der Waals surface area contributed by atoms with Gasteiger partial charge in [0.15, 0.2) is 0 Å². The maximum absolute atomic E-state index is 5.34. The Balaban J connectivity index is 3.10. The van der Waals surface area contributed by atoms with E-state index in [0.717, 1.165) is 4.77 Å². The molecular formula is C11H13N2S+. The summed E-state index contributed by atoms with van der Waals surface area (Å²) in [6.45, 7) is 2.10. The molecule has 0 atom stereocenters. The lowest BCUT2D eigenvalue weighted by Gasteiger charge is -2.05. The Bertz CT molecular complexity index is 555. The SMILES string of the molecule is Cc1c2ccccc2[n+](C)c(=S)n1C. The number of rotatable bonds is 0. The van der Waals surface area contributed by atoms with Crippen LogP contribution in [0.15, 0.2) is 24.3 Å². The highest BCUT2D eigenvalue weighted by Gasteiger charge is 2.11. The molecule has 0 aliphatic heterocycles. The van der Waals surface area contributed by atoms with Gasteiger partial charge in [-0.3, -0.25) is 0 Å². The number of aryl methyl sites for hydroxylation is 2. The summed E-state index contributed by atoms with van der Waals surface area (Å²) < 4.78 is 4.93. The van der Waals surface area contributed by atoms with Crippen LogP contribution in [0.1, 0.15) is 5.69 Å². The largest absolute Gasteiger partial charge is 0.351 e. The van der Waals surface area contributed by atoms with Gasteiger partial charge >= 0.3 is 4.77 Å². The Morgan fingerprint density at radius 1 is 1.29 bits per heavy atom. The van der Waals surface area contributed by atoms with Crippen molar-refractivity contribution in [2.45, 2.75) is 6.92 Å². The Morgan fingerprint density at radius 2 is 1.93 bits per heavy atom. The minimum absolute atomic E-state index is 0.848. The monoisotopic (exact) mass is 205 g/mol. The first-order valence-corrected chi connectivity index (χ1v) is 4.98. The van der Waals surface area contributed by atoms with Crippen molar-refractivity contribution in [3.05, 3.63) is 34.7 Å². The van der Waals surface area contributed by atoms with E-state index >= 15 is 0 Å². The number of hydrogen-bond donors (Lipinski definition) is 0. The summed E-state index contributed by atoms with van der Waals surface area (Å²) in [7, 11) is 4.01. The summed E-state index contributed by atoms with van der Waals surface area (Å²) >= 11 is 5.34. The molecule has 2 nitrogen and oxygen atoms in total. The lowest BCUT2D eigenvalue weighted by molar-refractivity contribution is -0.656.